The first-order valence-electron chi connectivity index (χ1n) is 21.7. The van der Waals surface area contributed by atoms with Crippen LogP contribution < -0.4 is 32.3 Å². The van der Waals surface area contributed by atoms with Crippen LogP contribution in [-0.4, -0.2) is 113 Å². The summed E-state index contributed by atoms with van der Waals surface area (Å²) in [6, 6.07) is 2.07. The molecule has 1 aliphatic rings. The summed E-state index contributed by atoms with van der Waals surface area (Å²) in [4.78, 5) is 127. The van der Waals surface area contributed by atoms with Crippen LogP contribution in [0, 0.1) is 17.8 Å². The molecule has 0 bridgehead atoms. The molecular formula is C44H68N8O11. The van der Waals surface area contributed by atoms with Crippen LogP contribution in [-0.2, 0) is 49.7 Å². The van der Waals surface area contributed by atoms with Gasteiger partial charge in [-0.05, 0) is 68.1 Å². The minimum atomic E-state index is -1.07. The standard InChI is InChI=1S/C44H68N8O11/c1-26(2)37(29(7)53)50-42(60)39(28(5)6)51(8)44(62)63-25-30-17-19-31(20-18-30)47-40(58)33(15-13-23-46-43(45)61)48-41(59)38(27(3)4)49-34(55)16-12-10-9-11-14-32(54)24-52-35(56)21-22-36(52)57/h17-20,26-28,33,37-39H,9-16,21-25H2,1-8H3,(H,47,58)(H,48,59)(H,49,55)(H,50,60)(H3,45,46,61)/t33-,37-,38-,39-/m0/s1. The largest absolute Gasteiger partial charge is 0.445 e. The van der Waals surface area contributed by atoms with Crippen LogP contribution in [0.5, 0.6) is 0 Å². The maximum Gasteiger partial charge on any atom is 0.410 e. The van der Waals surface area contributed by atoms with Gasteiger partial charge in [-0.2, -0.15) is 0 Å². The molecule has 0 unspecified atom stereocenters. The van der Waals surface area contributed by atoms with Crippen molar-refractivity contribution in [2.45, 2.75) is 143 Å². The Morgan fingerprint density at radius 3 is 1.86 bits per heavy atom. The van der Waals surface area contributed by atoms with Gasteiger partial charge in [0.1, 0.15) is 24.7 Å². The first-order chi connectivity index (χ1) is 29.6. The summed E-state index contributed by atoms with van der Waals surface area (Å²) in [5.41, 5.74) is 6.13. The van der Waals surface area contributed by atoms with E-state index < -0.39 is 54.0 Å². The van der Waals surface area contributed by atoms with Crippen molar-refractivity contribution in [2.24, 2.45) is 23.5 Å². The Hall–Kier alpha value is -5.88. The Kier molecular flexibility index (Phi) is 22.5. The summed E-state index contributed by atoms with van der Waals surface area (Å²) < 4.78 is 5.49. The zero-order chi connectivity index (χ0) is 47.4. The highest BCUT2D eigenvalue weighted by molar-refractivity contribution is 6.04. The topological polar surface area (TPSA) is 273 Å². The first-order valence-corrected chi connectivity index (χ1v) is 21.7. The number of Topliss-reactive ketones (excluding diaryl/α,β-unsaturated/α-hetero) is 2. The van der Waals surface area contributed by atoms with Crippen molar-refractivity contribution in [1.82, 2.24) is 31.1 Å². The SMILES string of the molecule is CC(=O)[C@@H](NC(=O)[C@H](C(C)C)N(C)C(=O)OCc1ccc(NC(=O)[C@H](CCCNC(N)=O)NC(=O)[C@@H](NC(=O)CCCCCCC(=O)CN2C(=O)CCC2=O)C(C)C)cc1)C(C)C. The van der Waals surface area contributed by atoms with Crippen molar-refractivity contribution >= 4 is 64.8 Å². The summed E-state index contributed by atoms with van der Waals surface area (Å²) in [5, 5.41) is 13.5. The molecule has 1 fully saturated rings. The van der Waals surface area contributed by atoms with Crippen molar-refractivity contribution in [3.8, 4) is 0 Å². The average Bonchev–Trinajstić information content (AvgIpc) is 3.52. The van der Waals surface area contributed by atoms with E-state index in [0.29, 0.717) is 36.9 Å². The van der Waals surface area contributed by atoms with Gasteiger partial charge in [0.05, 0.1) is 12.6 Å². The van der Waals surface area contributed by atoms with Gasteiger partial charge in [-0.1, -0.05) is 66.5 Å². The van der Waals surface area contributed by atoms with E-state index >= 15 is 0 Å². The number of amides is 9. The molecule has 4 atom stereocenters. The van der Waals surface area contributed by atoms with Crippen LogP contribution in [0.2, 0.25) is 0 Å². The predicted molar refractivity (Wildman–Crippen MR) is 233 cm³/mol. The lowest BCUT2D eigenvalue weighted by molar-refractivity contribution is -0.142. The van der Waals surface area contributed by atoms with Gasteiger partial charge in [-0.15, -0.1) is 0 Å². The summed E-state index contributed by atoms with van der Waals surface area (Å²) in [5.74, 6) is -3.76. The lowest BCUT2D eigenvalue weighted by Gasteiger charge is -2.31. The number of imide groups is 1. The highest BCUT2D eigenvalue weighted by Crippen LogP contribution is 2.17. The monoisotopic (exact) mass is 885 g/mol. The number of hydrogen-bond acceptors (Lipinski definition) is 11. The number of likely N-dealkylation sites (N-methyl/N-ethyl adjacent to an activating group) is 1. The number of benzene rings is 1. The molecule has 19 nitrogen and oxygen atoms in total. The molecule has 9 amide bonds. The Bertz CT molecular complexity index is 1770. The molecule has 63 heavy (non-hydrogen) atoms. The lowest BCUT2D eigenvalue weighted by atomic mass is 9.97. The summed E-state index contributed by atoms with van der Waals surface area (Å²) in [6.45, 7) is 11.9. The third-order valence-corrected chi connectivity index (χ3v) is 10.6. The quantitative estimate of drug-likeness (QED) is 0.0552. The Morgan fingerprint density at radius 1 is 0.730 bits per heavy atom. The zero-order valence-corrected chi connectivity index (χ0v) is 38.0. The number of ketones is 2. The number of unbranched alkanes of at least 4 members (excludes halogenated alkanes) is 3. The van der Waals surface area contributed by atoms with Crippen molar-refractivity contribution in [3.05, 3.63) is 29.8 Å². The molecule has 0 saturated carbocycles. The smallest absolute Gasteiger partial charge is 0.410 e. The number of nitrogens with zero attached hydrogens (tertiary/aromatic N) is 2. The van der Waals surface area contributed by atoms with E-state index in [4.69, 9.17) is 10.5 Å². The molecule has 0 aliphatic carbocycles. The second kappa shape index (κ2) is 26.6. The summed E-state index contributed by atoms with van der Waals surface area (Å²) in [6.07, 6.45) is 2.64. The molecule has 1 aromatic carbocycles. The van der Waals surface area contributed by atoms with E-state index in [1.54, 1.807) is 52.0 Å². The number of nitrogens with one attached hydrogen (secondary N) is 5. The Labute approximate surface area is 370 Å². The second-order valence-electron chi connectivity index (χ2n) is 17.0. The molecule has 1 aromatic rings. The third-order valence-electron chi connectivity index (χ3n) is 10.6. The van der Waals surface area contributed by atoms with Gasteiger partial charge in [-0.25, -0.2) is 9.59 Å². The number of hydrogen-bond donors (Lipinski definition) is 6. The number of carbonyl (C=O) groups excluding carboxylic acids is 10. The molecule has 0 spiro atoms. The van der Waals surface area contributed by atoms with Gasteiger partial charge in [0.25, 0.3) is 0 Å². The van der Waals surface area contributed by atoms with Gasteiger partial charge in [0.2, 0.25) is 35.4 Å². The predicted octanol–water partition coefficient (Wildman–Crippen LogP) is 3.08. The number of carbonyl (C=O) groups is 10. The average molecular weight is 885 g/mol. The van der Waals surface area contributed by atoms with E-state index in [0.717, 1.165) is 4.90 Å². The zero-order valence-electron chi connectivity index (χ0n) is 38.0. The number of likely N-dealkylation sites (tertiary alicyclic amines) is 1. The van der Waals surface area contributed by atoms with Crippen molar-refractivity contribution in [1.29, 1.82) is 0 Å². The fraction of sp³-hybridized carbons (Fsp3) is 0.636. The van der Waals surface area contributed by atoms with E-state index in [-0.39, 0.29) is 105 Å². The molecule has 0 radical (unpaired) electrons. The van der Waals surface area contributed by atoms with E-state index in [9.17, 15) is 47.9 Å². The third kappa shape index (κ3) is 18.6. The van der Waals surface area contributed by atoms with Crippen LogP contribution in [0.3, 0.4) is 0 Å². The number of ether oxygens (including phenoxy) is 1. The summed E-state index contributed by atoms with van der Waals surface area (Å²) in [7, 11) is 1.45. The molecule has 1 heterocycles. The van der Waals surface area contributed by atoms with Gasteiger partial charge < -0.3 is 37.1 Å². The lowest BCUT2D eigenvalue weighted by Crippen LogP contribution is -2.55. The molecule has 1 saturated heterocycles. The maximum absolute atomic E-state index is 13.6. The van der Waals surface area contributed by atoms with Gasteiger partial charge in [0, 0.05) is 45.0 Å². The minimum absolute atomic E-state index is 0.119. The highest BCUT2D eigenvalue weighted by Gasteiger charge is 2.34. The summed E-state index contributed by atoms with van der Waals surface area (Å²) >= 11 is 0. The highest BCUT2D eigenvalue weighted by atomic mass is 16.6. The normalized spacial score (nSPS) is 14.4. The number of nitrogens with two attached hydrogens (primary N) is 1. The van der Waals surface area contributed by atoms with E-state index in [2.05, 4.69) is 26.6 Å². The van der Waals surface area contributed by atoms with Crippen molar-refractivity contribution in [2.75, 3.05) is 25.5 Å². The minimum Gasteiger partial charge on any atom is -0.445 e. The maximum atomic E-state index is 13.6. The second-order valence-corrected chi connectivity index (χ2v) is 17.0. The van der Waals surface area contributed by atoms with Crippen molar-refractivity contribution < 1.29 is 52.7 Å². The fourth-order valence-corrected chi connectivity index (χ4v) is 7.02. The number of anilines is 1. The molecule has 19 heteroatoms. The number of rotatable bonds is 27. The van der Waals surface area contributed by atoms with Crippen LogP contribution in [0.4, 0.5) is 15.3 Å². The van der Waals surface area contributed by atoms with Crippen molar-refractivity contribution in [3.63, 3.8) is 0 Å². The molecule has 1 aliphatic heterocycles. The fourth-order valence-electron chi connectivity index (χ4n) is 7.02. The van der Waals surface area contributed by atoms with E-state index in [1.807, 2.05) is 13.8 Å². The number of urea groups is 1. The molecule has 0 aromatic heterocycles. The Morgan fingerprint density at radius 2 is 1.32 bits per heavy atom. The van der Waals surface area contributed by atoms with Crippen LogP contribution in [0.1, 0.15) is 118 Å². The molecular weight excluding hydrogens is 817 g/mol. The van der Waals surface area contributed by atoms with Gasteiger partial charge in [0.15, 0.2) is 11.6 Å². The van der Waals surface area contributed by atoms with E-state index in [1.165, 1.54) is 18.9 Å². The van der Waals surface area contributed by atoms with Crippen LogP contribution in [0.25, 0.3) is 0 Å². The van der Waals surface area contributed by atoms with Gasteiger partial charge >= 0.3 is 12.1 Å². The van der Waals surface area contributed by atoms with Crippen LogP contribution in [0.15, 0.2) is 24.3 Å². The number of primary amides is 1. The van der Waals surface area contributed by atoms with Crippen LogP contribution >= 0.6 is 0 Å². The Balaban J connectivity index is 1.96. The molecule has 7 N–H and O–H groups in total. The first kappa shape index (κ1) is 53.3. The van der Waals surface area contributed by atoms with Gasteiger partial charge in [-0.3, -0.25) is 48.2 Å². The molecule has 2 rings (SSSR count). The molecule has 350 valence electrons.